The lowest BCUT2D eigenvalue weighted by atomic mass is 10.3. The van der Waals surface area contributed by atoms with E-state index in [1.165, 1.54) is 35.2 Å². The molecule has 0 saturated heterocycles. The number of halogens is 1. The first kappa shape index (κ1) is 22.2. The van der Waals surface area contributed by atoms with Crippen molar-refractivity contribution in [1.29, 1.82) is 0 Å². The van der Waals surface area contributed by atoms with E-state index in [1.54, 1.807) is 19.1 Å². The summed E-state index contributed by atoms with van der Waals surface area (Å²) in [6.45, 7) is 9.50. The highest BCUT2D eigenvalue weighted by atomic mass is 32.2. The lowest BCUT2D eigenvalue weighted by Crippen LogP contribution is -2.23. The predicted octanol–water partition coefficient (Wildman–Crippen LogP) is 4.42. The number of aryl methyl sites for hydroxylation is 1. The highest BCUT2D eigenvalue weighted by Gasteiger charge is 2.25. The van der Waals surface area contributed by atoms with E-state index in [4.69, 9.17) is 4.74 Å². The number of amides is 1. The van der Waals surface area contributed by atoms with Crippen molar-refractivity contribution in [1.82, 2.24) is 25.0 Å². The third-order valence-corrected chi connectivity index (χ3v) is 5.92. The largest absolute Gasteiger partial charge is 0.483 e. The zero-order chi connectivity index (χ0) is 21.8. The van der Waals surface area contributed by atoms with Crippen LogP contribution in [0.4, 0.5) is 9.52 Å². The Balaban J connectivity index is 1.73. The third kappa shape index (κ3) is 5.33. The third-order valence-electron chi connectivity index (χ3n) is 4.10. The zero-order valence-corrected chi connectivity index (χ0v) is 18.9. The van der Waals surface area contributed by atoms with Gasteiger partial charge >= 0.3 is 0 Å². The fraction of sp³-hybridized carbons (Fsp3) is 0.421. The van der Waals surface area contributed by atoms with Crippen LogP contribution in [0.2, 0.25) is 0 Å². The number of hydrogen-bond acceptors (Lipinski definition) is 8. The number of carbonyl (C=O) groups excluding carboxylic acids is 1. The van der Waals surface area contributed by atoms with Crippen LogP contribution in [0.5, 0.6) is 5.75 Å². The van der Waals surface area contributed by atoms with Gasteiger partial charge in [0.15, 0.2) is 17.1 Å². The Morgan fingerprint density at radius 1 is 1.13 bits per heavy atom. The Labute approximate surface area is 182 Å². The smallest absolute Gasteiger partial charge is 0.239 e. The summed E-state index contributed by atoms with van der Waals surface area (Å²) < 4.78 is 21.0. The molecule has 2 unspecified atom stereocenters. The van der Waals surface area contributed by atoms with Crippen molar-refractivity contribution < 1.29 is 13.9 Å². The molecule has 1 aromatic carbocycles. The van der Waals surface area contributed by atoms with Crippen molar-refractivity contribution in [2.24, 2.45) is 0 Å². The second-order valence-electron chi connectivity index (χ2n) is 6.89. The van der Waals surface area contributed by atoms with Crippen molar-refractivity contribution in [2.45, 2.75) is 57.2 Å². The first-order valence-electron chi connectivity index (χ1n) is 9.39. The molecular weight excluding hydrogens is 427 g/mol. The van der Waals surface area contributed by atoms with Crippen molar-refractivity contribution in [3.05, 3.63) is 40.9 Å². The van der Waals surface area contributed by atoms with E-state index < -0.39 is 11.4 Å². The minimum Gasteiger partial charge on any atom is -0.483 e. The molecule has 0 aliphatic rings. The molecule has 0 radical (unpaired) electrons. The van der Waals surface area contributed by atoms with Crippen LogP contribution in [-0.2, 0) is 4.79 Å². The van der Waals surface area contributed by atoms with E-state index in [0.717, 1.165) is 5.01 Å². The highest BCUT2D eigenvalue weighted by molar-refractivity contribution is 8.00. The summed E-state index contributed by atoms with van der Waals surface area (Å²) in [4.78, 5) is 12.5. The van der Waals surface area contributed by atoms with E-state index in [2.05, 4.69) is 25.7 Å². The van der Waals surface area contributed by atoms with Gasteiger partial charge in [-0.3, -0.25) is 10.1 Å². The Kier molecular flexibility index (Phi) is 7.03. The summed E-state index contributed by atoms with van der Waals surface area (Å²) in [7, 11) is 0. The van der Waals surface area contributed by atoms with Gasteiger partial charge in [0.05, 0.1) is 5.25 Å². The summed E-state index contributed by atoms with van der Waals surface area (Å²) in [6.07, 6.45) is -0.409. The van der Waals surface area contributed by atoms with Gasteiger partial charge in [-0.1, -0.05) is 23.1 Å². The normalized spacial score (nSPS) is 13.3. The molecule has 2 heterocycles. The number of ether oxygens (including phenoxy) is 1. The molecule has 3 rings (SSSR count). The zero-order valence-electron chi connectivity index (χ0n) is 17.3. The molecule has 3 aromatic rings. The van der Waals surface area contributed by atoms with E-state index >= 15 is 0 Å². The van der Waals surface area contributed by atoms with Gasteiger partial charge in [0, 0.05) is 6.04 Å². The number of aromatic nitrogens is 5. The van der Waals surface area contributed by atoms with Crippen LogP contribution >= 0.6 is 23.1 Å². The predicted molar refractivity (Wildman–Crippen MR) is 114 cm³/mol. The molecule has 8 nitrogen and oxygen atoms in total. The summed E-state index contributed by atoms with van der Waals surface area (Å²) >= 11 is 2.63. The Morgan fingerprint density at radius 2 is 1.83 bits per heavy atom. The molecule has 1 N–H and O–H groups in total. The Morgan fingerprint density at radius 3 is 2.43 bits per heavy atom. The number of nitrogens with one attached hydrogen (secondary N) is 1. The van der Waals surface area contributed by atoms with Crippen LogP contribution in [0.1, 0.15) is 50.7 Å². The van der Waals surface area contributed by atoms with E-state index in [0.29, 0.717) is 21.9 Å². The fourth-order valence-corrected chi connectivity index (χ4v) is 4.25. The van der Waals surface area contributed by atoms with Crippen LogP contribution in [-0.4, -0.2) is 36.1 Å². The van der Waals surface area contributed by atoms with Gasteiger partial charge in [-0.25, -0.2) is 4.39 Å². The number of hydrogen-bond donors (Lipinski definition) is 1. The van der Waals surface area contributed by atoms with Crippen molar-refractivity contribution in [3.8, 4) is 5.75 Å². The van der Waals surface area contributed by atoms with E-state index in [-0.39, 0.29) is 17.8 Å². The molecule has 2 atom stereocenters. The molecule has 0 aliphatic carbocycles. The molecule has 2 aromatic heterocycles. The van der Waals surface area contributed by atoms with Crippen LogP contribution in [0.15, 0.2) is 29.4 Å². The summed E-state index contributed by atoms with van der Waals surface area (Å²) in [5, 5.41) is 20.6. The second kappa shape index (κ2) is 9.52. The van der Waals surface area contributed by atoms with Crippen LogP contribution < -0.4 is 10.1 Å². The Hall–Kier alpha value is -2.53. The number of thioether (sulfide) groups is 1. The lowest BCUT2D eigenvalue weighted by molar-refractivity contribution is -0.115. The first-order chi connectivity index (χ1) is 14.2. The van der Waals surface area contributed by atoms with Gasteiger partial charge < -0.3 is 9.30 Å². The molecular formula is C19H23FN6O2S2. The first-order valence-corrected chi connectivity index (χ1v) is 11.1. The number of rotatable bonds is 8. The highest BCUT2D eigenvalue weighted by Crippen LogP contribution is 2.30. The molecule has 0 aliphatic heterocycles. The average Bonchev–Trinajstić information content (AvgIpc) is 3.29. The monoisotopic (exact) mass is 450 g/mol. The number of benzene rings is 1. The number of nitrogens with zero attached hydrogens (tertiary/aromatic N) is 5. The quantitative estimate of drug-likeness (QED) is 0.508. The molecule has 30 heavy (non-hydrogen) atoms. The van der Waals surface area contributed by atoms with Crippen LogP contribution in [0.3, 0.4) is 0 Å². The molecule has 0 fully saturated rings. The van der Waals surface area contributed by atoms with E-state index in [9.17, 15) is 9.18 Å². The number of carbonyl (C=O) groups is 1. The van der Waals surface area contributed by atoms with Crippen LogP contribution in [0.25, 0.3) is 0 Å². The summed E-state index contributed by atoms with van der Waals surface area (Å²) in [5.74, 6) is 0.655. The summed E-state index contributed by atoms with van der Waals surface area (Å²) in [5.41, 5.74) is 0. The van der Waals surface area contributed by atoms with Gasteiger partial charge in [-0.15, -0.1) is 20.4 Å². The maximum absolute atomic E-state index is 13.1. The average molecular weight is 451 g/mol. The standard InChI is InChI=1S/C19H23FN6O2S2/c1-10(2)26-16(11(3)28-15-8-6-14(20)7-9-15)23-25-19(26)29-12(4)17(27)21-18-24-22-13(5)30-18/h6-12H,1-5H3,(H,21,24,27). The molecule has 0 spiro atoms. The maximum Gasteiger partial charge on any atom is 0.239 e. The van der Waals surface area contributed by atoms with Gasteiger partial charge in [-0.05, 0) is 58.9 Å². The topological polar surface area (TPSA) is 94.8 Å². The van der Waals surface area contributed by atoms with Crippen molar-refractivity contribution >= 4 is 34.1 Å². The minimum absolute atomic E-state index is 0.0536. The number of anilines is 1. The van der Waals surface area contributed by atoms with Crippen molar-refractivity contribution in [3.63, 3.8) is 0 Å². The SMILES string of the molecule is Cc1nnc(NC(=O)C(C)Sc2nnc(C(C)Oc3ccc(F)cc3)n2C(C)C)s1. The second-order valence-corrected chi connectivity index (χ2v) is 9.38. The fourth-order valence-electron chi connectivity index (χ4n) is 2.67. The molecule has 160 valence electrons. The van der Waals surface area contributed by atoms with Crippen LogP contribution in [0, 0.1) is 12.7 Å². The molecule has 1 amide bonds. The van der Waals surface area contributed by atoms with Gasteiger partial charge in [0.25, 0.3) is 0 Å². The Bertz CT molecular complexity index is 1000. The van der Waals surface area contributed by atoms with E-state index in [1.807, 2.05) is 32.3 Å². The van der Waals surface area contributed by atoms with Gasteiger partial charge in [0.2, 0.25) is 11.0 Å². The molecule has 0 saturated carbocycles. The maximum atomic E-state index is 13.1. The molecule has 0 bridgehead atoms. The lowest BCUT2D eigenvalue weighted by Gasteiger charge is -2.19. The summed E-state index contributed by atoms with van der Waals surface area (Å²) in [6, 6.07) is 5.88. The molecule has 11 heteroatoms. The van der Waals surface area contributed by atoms with Gasteiger partial charge in [0.1, 0.15) is 16.6 Å². The van der Waals surface area contributed by atoms with Gasteiger partial charge in [-0.2, -0.15) is 0 Å². The minimum atomic E-state index is -0.419. The van der Waals surface area contributed by atoms with Crippen molar-refractivity contribution in [2.75, 3.05) is 5.32 Å².